The van der Waals surface area contributed by atoms with Gasteiger partial charge in [-0.3, -0.25) is 9.59 Å². The molecule has 1 aromatic heterocycles. The second kappa shape index (κ2) is 11.3. The number of nitrogens with zero attached hydrogens (tertiary/aromatic N) is 1. The summed E-state index contributed by atoms with van der Waals surface area (Å²) in [5.41, 5.74) is 3.77. The smallest absolute Gasteiger partial charge is 0.255 e. The summed E-state index contributed by atoms with van der Waals surface area (Å²) in [6.45, 7) is 7.99. The van der Waals surface area contributed by atoms with E-state index in [0.717, 1.165) is 41.4 Å². The molecule has 0 spiro atoms. The molecule has 9 heteroatoms. The van der Waals surface area contributed by atoms with Gasteiger partial charge in [-0.05, 0) is 80.2 Å². The first-order valence-electron chi connectivity index (χ1n) is 11.1. The quantitative estimate of drug-likeness (QED) is 0.411. The predicted molar refractivity (Wildman–Crippen MR) is 139 cm³/mol. The van der Waals surface area contributed by atoms with E-state index in [4.69, 9.17) is 0 Å². The van der Waals surface area contributed by atoms with Crippen molar-refractivity contribution in [3.8, 4) is 0 Å². The number of benzene rings is 2. The lowest BCUT2D eigenvalue weighted by molar-refractivity contribution is -0.115. The maximum atomic E-state index is 12.7. The summed E-state index contributed by atoms with van der Waals surface area (Å²) in [5.74, 6) is -0.911. The highest BCUT2D eigenvalue weighted by molar-refractivity contribution is 7.93. The molecule has 2 amide bonds. The minimum Gasteiger partial charge on any atom is -0.372 e. The van der Waals surface area contributed by atoms with Crippen molar-refractivity contribution in [3.05, 3.63) is 71.1 Å². The van der Waals surface area contributed by atoms with E-state index in [9.17, 15) is 18.0 Å². The summed E-state index contributed by atoms with van der Waals surface area (Å²) in [4.78, 5) is 27.1. The molecule has 0 aliphatic carbocycles. The zero-order valence-electron chi connectivity index (χ0n) is 19.5. The van der Waals surface area contributed by atoms with Crippen molar-refractivity contribution in [3.63, 3.8) is 0 Å². The van der Waals surface area contributed by atoms with E-state index in [1.165, 1.54) is 6.07 Å². The number of rotatable bonds is 10. The Kier molecular flexibility index (Phi) is 8.46. The largest absolute Gasteiger partial charge is 0.372 e. The fourth-order valence-electron chi connectivity index (χ4n) is 3.46. The van der Waals surface area contributed by atoms with Crippen LogP contribution in [-0.2, 0) is 14.6 Å². The molecule has 0 bridgehead atoms. The van der Waals surface area contributed by atoms with Gasteiger partial charge in [0.05, 0.1) is 5.75 Å². The Morgan fingerprint density at radius 3 is 2.26 bits per heavy atom. The van der Waals surface area contributed by atoms with Gasteiger partial charge in [-0.25, -0.2) is 8.42 Å². The first kappa shape index (κ1) is 25.5. The maximum Gasteiger partial charge on any atom is 0.255 e. The van der Waals surface area contributed by atoms with E-state index in [-0.39, 0.29) is 22.3 Å². The number of aryl methyl sites for hydroxylation is 1. The van der Waals surface area contributed by atoms with Crippen molar-refractivity contribution in [2.24, 2.45) is 0 Å². The SMILES string of the molecule is CCN(CC)c1ccc(NC(=O)c2ccc(NC(=O)CCS(=O)(=O)c3cccs3)cc2)c(C)c1. The van der Waals surface area contributed by atoms with Crippen LogP contribution in [0, 0.1) is 6.92 Å². The number of carbonyl (C=O) groups excluding carboxylic acids is 2. The molecule has 0 radical (unpaired) electrons. The Balaban J connectivity index is 1.56. The van der Waals surface area contributed by atoms with Crippen LogP contribution >= 0.6 is 11.3 Å². The molecule has 0 saturated carbocycles. The summed E-state index contributed by atoms with van der Waals surface area (Å²) in [7, 11) is -3.46. The zero-order chi connectivity index (χ0) is 24.7. The standard InChI is InChI=1S/C25H29N3O4S2/c1-4-28(5-2)21-12-13-22(18(3)17-21)27-25(30)19-8-10-20(11-9-19)26-23(29)14-16-34(31,32)24-7-6-15-33-24/h6-13,15,17H,4-5,14,16H2,1-3H3,(H,26,29)(H,27,30). The maximum absolute atomic E-state index is 12.7. The average Bonchev–Trinajstić information content (AvgIpc) is 3.37. The summed E-state index contributed by atoms with van der Waals surface area (Å²) < 4.78 is 24.7. The third kappa shape index (κ3) is 6.45. The van der Waals surface area contributed by atoms with E-state index in [1.54, 1.807) is 35.7 Å². The van der Waals surface area contributed by atoms with Crippen molar-refractivity contribution in [2.45, 2.75) is 31.4 Å². The Bertz CT molecular complexity index is 1230. The van der Waals surface area contributed by atoms with E-state index in [1.807, 2.05) is 19.1 Å². The van der Waals surface area contributed by atoms with Gasteiger partial charge in [0.25, 0.3) is 5.91 Å². The van der Waals surface area contributed by atoms with Gasteiger partial charge in [-0.15, -0.1) is 11.3 Å². The van der Waals surface area contributed by atoms with Gasteiger partial charge in [-0.2, -0.15) is 0 Å². The lowest BCUT2D eigenvalue weighted by Gasteiger charge is -2.22. The molecule has 1 heterocycles. The summed E-state index contributed by atoms with van der Waals surface area (Å²) in [6, 6.07) is 15.6. The van der Waals surface area contributed by atoms with Gasteiger partial charge < -0.3 is 15.5 Å². The molecule has 3 aromatic rings. The van der Waals surface area contributed by atoms with E-state index in [2.05, 4.69) is 35.4 Å². The second-order valence-corrected chi connectivity index (χ2v) is 11.0. The van der Waals surface area contributed by atoms with Gasteiger partial charge >= 0.3 is 0 Å². The molecule has 3 rings (SSSR count). The monoisotopic (exact) mass is 499 g/mol. The van der Waals surface area contributed by atoms with Crippen molar-refractivity contribution in [2.75, 3.05) is 34.4 Å². The van der Waals surface area contributed by atoms with Crippen LogP contribution < -0.4 is 15.5 Å². The van der Waals surface area contributed by atoms with Crippen molar-refractivity contribution >= 4 is 50.1 Å². The Labute approximate surface area is 204 Å². The summed E-state index contributed by atoms with van der Waals surface area (Å²) >= 11 is 1.14. The second-order valence-electron chi connectivity index (χ2n) is 7.75. The molecule has 0 fully saturated rings. The number of sulfone groups is 1. The van der Waals surface area contributed by atoms with E-state index >= 15 is 0 Å². The van der Waals surface area contributed by atoms with Gasteiger partial charge in [-0.1, -0.05) is 6.07 Å². The molecule has 0 aliphatic rings. The number of carbonyl (C=O) groups is 2. The number of hydrogen-bond donors (Lipinski definition) is 2. The highest BCUT2D eigenvalue weighted by Crippen LogP contribution is 2.23. The molecule has 0 unspecified atom stereocenters. The highest BCUT2D eigenvalue weighted by Gasteiger charge is 2.17. The van der Waals surface area contributed by atoms with Crippen LogP contribution in [0.25, 0.3) is 0 Å². The zero-order valence-corrected chi connectivity index (χ0v) is 21.1. The number of amides is 2. The molecule has 34 heavy (non-hydrogen) atoms. The molecule has 180 valence electrons. The summed E-state index contributed by atoms with van der Waals surface area (Å²) in [6.07, 6.45) is -0.148. The van der Waals surface area contributed by atoms with Crippen molar-refractivity contribution in [1.29, 1.82) is 0 Å². The van der Waals surface area contributed by atoms with Crippen molar-refractivity contribution < 1.29 is 18.0 Å². The number of thiophene rings is 1. The van der Waals surface area contributed by atoms with Crippen LogP contribution in [0.4, 0.5) is 17.1 Å². The normalized spacial score (nSPS) is 11.1. The highest BCUT2D eigenvalue weighted by atomic mass is 32.2. The third-order valence-corrected chi connectivity index (χ3v) is 8.62. The van der Waals surface area contributed by atoms with Gasteiger partial charge in [0.1, 0.15) is 4.21 Å². The third-order valence-electron chi connectivity index (χ3n) is 5.42. The molecule has 2 N–H and O–H groups in total. The van der Waals surface area contributed by atoms with Crippen molar-refractivity contribution in [1.82, 2.24) is 0 Å². The lowest BCUT2D eigenvalue weighted by atomic mass is 10.1. The van der Waals surface area contributed by atoms with Crippen LogP contribution in [0.1, 0.15) is 36.2 Å². The van der Waals surface area contributed by atoms with E-state index < -0.39 is 15.7 Å². The minimum absolute atomic E-state index is 0.148. The van der Waals surface area contributed by atoms with Crippen LogP contribution in [0.2, 0.25) is 0 Å². The number of hydrogen-bond acceptors (Lipinski definition) is 6. The Hall–Kier alpha value is -3.17. The van der Waals surface area contributed by atoms with Crippen LogP contribution in [0.15, 0.2) is 64.2 Å². The first-order valence-corrected chi connectivity index (χ1v) is 13.6. The number of nitrogens with one attached hydrogen (secondary N) is 2. The summed E-state index contributed by atoms with van der Waals surface area (Å²) in [5, 5.41) is 7.29. The predicted octanol–water partition coefficient (Wildman–Crippen LogP) is 4.96. The molecule has 0 atom stereocenters. The molecular formula is C25H29N3O4S2. The first-order chi connectivity index (χ1) is 16.2. The number of anilines is 3. The van der Waals surface area contributed by atoms with Crippen LogP contribution in [0.5, 0.6) is 0 Å². The van der Waals surface area contributed by atoms with Gasteiger partial charge in [0, 0.05) is 42.1 Å². The topological polar surface area (TPSA) is 95.6 Å². The Morgan fingerprint density at radius 2 is 1.68 bits per heavy atom. The van der Waals surface area contributed by atoms with Crippen LogP contribution in [-0.4, -0.2) is 39.1 Å². The molecule has 7 nitrogen and oxygen atoms in total. The van der Waals surface area contributed by atoms with Gasteiger partial charge in [0.2, 0.25) is 5.91 Å². The average molecular weight is 500 g/mol. The van der Waals surface area contributed by atoms with Gasteiger partial charge in [0.15, 0.2) is 9.84 Å². The molecular weight excluding hydrogens is 470 g/mol. The molecule has 0 saturated heterocycles. The molecule has 2 aromatic carbocycles. The fourth-order valence-corrected chi connectivity index (χ4v) is 5.86. The minimum atomic E-state index is -3.46. The lowest BCUT2D eigenvalue weighted by Crippen LogP contribution is -2.22. The fraction of sp³-hybridized carbons (Fsp3) is 0.280. The van der Waals surface area contributed by atoms with E-state index in [0.29, 0.717) is 11.3 Å². The Morgan fingerprint density at radius 1 is 0.971 bits per heavy atom. The van der Waals surface area contributed by atoms with Crippen LogP contribution in [0.3, 0.4) is 0 Å². The molecule has 0 aliphatic heterocycles.